The molecule has 0 radical (unpaired) electrons. The highest BCUT2D eigenvalue weighted by Gasteiger charge is 2.57. The number of anilines is 3. The smallest absolute Gasteiger partial charge is 0.323 e. The van der Waals surface area contributed by atoms with Gasteiger partial charge in [0.25, 0.3) is 0 Å². The first-order valence-corrected chi connectivity index (χ1v) is 13.1. The molecular weight excluding hydrogens is 534 g/mol. The Kier molecular flexibility index (Phi) is 7.59. The van der Waals surface area contributed by atoms with Crippen molar-refractivity contribution in [3.8, 4) is 11.5 Å². The Labute approximate surface area is 235 Å². The van der Waals surface area contributed by atoms with E-state index >= 15 is 4.39 Å². The van der Waals surface area contributed by atoms with E-state index in [1.807, 2.05) is 7.05 Å². The molecule has 41 heavy (non-hydrogen) atoms. The van der Waals surface area contributed by atoms with Crippen LogP contribution in [0.5, 0.6) is 11.5 Å². The highest BCUT2D eigenvalue weighted by molar-refractivity contribution is 6.16. The lowest BCUT2D eigenvalue weighted by molar-refractivity contribution is -0.133. The van der Waals surface area contributed by atoms with Gasteiger partial charge in [0.15, 0.2) is 5.82 Å². The lowest BCUT2D eigenvalue weighted by Crippen LogP contribution is -2.41. The van der Waals surface area contributed by atoms with Crippen LogP contribution in [-0.4, -0.2) is 65.9 Å². The third-order valence-electron chi connectivity index (χ3n) is 7.52. The Hall–Kier alpha value is -4.58. The average Bonchev–Trinajstić information content (AvgIpc) is 3.65. The number of nitrogens with zero attached hydrogens (tertiary/aromatic N) is 4. The Morgan fingerprint density at radius 3 is 2.39 bits per heavy atom. The number of pyridine rings is 1. The van der Waals surface area contributed by atoms with Crippen molar-refractivity contribution in [2.75, 3.05) is 37.4 Å². The fraction of sp³-hybridized carbons (Fsp3) is 0.310. The second-order valence-corrected chi connectivity index (χ2v) is 10.4. The first kappa shape index (κ1) is 28.0. The van der Waals surface area contributed by atoms with Gasteiger partial charge in [-0.2, -0.15) is 0 Å². The van der Waals surface area contributed by atoms with Gasteiger partial charge in [0.1, 0.15) is 28.5 Å². The SMILES string of the molecule is CN1CCC(N(C)C(=O)Nc2cc(Oc3ccc(N(C(=O)C4(C(N)=O)CC4)c4ccc(F)cc4)c(F)c3)ccn2)C1. The first-order valence-electron chi connectivity index (χ1n) is 13.1. The summed E-state index contributed by atoms with van der Waals surface area (Å²) in [6.07, 6.45) is 2.82. The molecule has 3 aromatic rings. The number of hydrogen-bond donors (Lipinski definition) is 2. The van der Waals surface area contributed by atoms with Crippen LogP contribution in [0.4, 0.5) is 30.8 Å². The molecule has 3 N–H and O–H groups in total. The highest BCUT2D eigenvalue weighted by atomic mass is 19.1. The van der Waals surface area contributed by atoms with Gasteiger partial charge in [-0.3, -0.25) is 19.8 Å². The zero-order valence-corrected chi connectivity index (χ0v) is 22.6. The summed E-state index contributed by atoms with van der Waals surface area (Å²) in [6.45, 7) is 1.71. The van der Waals surface area contributed by atoms with Crippen LogP contribution in [-0.2, 0) is 9.59 Å². The third-order valence-corrected chi connectivity index (χ3v) is 7.52. The second kappa shape index (κ2) is 11.1. The Morgan fingerprint density at radius 2 is 1.78 bits per heavy atom. The first-order chi connectivity index (χ1) is 19.6. The molecule has 10 nitrogen and oxygen atoms in total. The minimum Gasteiger partial charge on any atom is -0.457 e. The van der Waals surface area contributed by atoms with Gasteiger partial charge in [0.2, 0.25) is 11.8 Å². The fourth-order valence-corrected chi connectivity index (χ4v) is 4.86. The Balaban J connectivity index is 1.34. The maximum Gasteiger partial charge on any atom is 0.323 e. The molecule has 1 saturated heterocycles. The van der Waals surface area contributed by atoms with Crippen molar-refractivity contribution in [3.05, 3.63) is 72.4 Å². The summed E-state index contributed by atoms with van der Waals surface area (Å²) in [5.41, 5.74) is 4.10. The van der Waals surface area contributed by atoms with Crippen molar-refractivity contribution in [1.82, 2.24) is 14.8 Å². The Bertz CT molecular complexity index is 1480. The molecule has 5 rings (SSSR count). The number of halogens is 2. The number of ether oxygens (including phenoxy) is 1. The van der Waals surface area contributed by atoms with Crippen molar-refractivity contribution in [3.63, 3.8) is 0 Å². The maximum atomic E-state index is 15.5. The van der Waals surface area contributed by atoms with Crippen molar-refractivity contribution in [2.24, 2.45) is 11.1 Å². The molecule has 1 saturated carbocycles. The molecule has 2 fully saturated rings. The van der Waals surface area contributed by atoms with Crippen LogP contribution in [0.25, 0.3) is 0 Å². The van der Waals surface area contributed by atoms with Gasteiger partial charge < -0.3 is 20.3 Å². The van der Waals surface area contributed by atoms with Gasteiger partial charge in [-0.25, -0.2) is 18.6 Å². The molecule has 1 aromatic heterocycles. The monoisotopic (exact) mass is 564 g/mol. The molecule has 1 unspecified atom stereocenters. The Morgan fingerprint density at radius 1 is 1.07 bits per heavy atom. The summed E-state index contributed by atoms with van der Waals surface area (Å²) < 4.78 is 34.9. The normalized spacial score (nSPS) is 17.5. The van der Waals surface area contributed by atoms with Crippen LogP contribution in [0.2, 0.25) is 0 Å². The molecule has 0 bridgehead atoms. The summed E-state index contributed by atoms with van der Waals surface area (Å²) >= 11 is 0. The van der Waals surface area contributed by atoms with Crippen LogP contribution in [0.15, 0.2) is 60.8 Å². The topological polar surface area (TPSA) is 121 Å². The molecule has 1 atom stereocenters. The predicted octanol–water partition coefficient (Wildman–Crippen LogP) is 4.25. The summed E-state index contributed by atoms with van der Waals surface area (Å²) in [5, 5.41) is 2.75. The molecule has 4 amide bonds. The summed E-state index contributed by atoms with van der Waals surface area (Å²) in [6, 6.07) is 11.7. The largest absolute Gasteiger partial charge is 0.457 e. The molecule has 0 spiro atoms. The van der Waals surface area contributed by atoms with Gasteiger partial charge in [0.05, 0.1) is 5.69 Å². The van der Waals surface area contributed by atoms with E-state index in [1.165, 1.54) is 36.5 Å². The number of carbonyl (C=O) groups is 3. The number of carbonyl (C=O) groups excluding carboxylic acids is 3. The van der Waals surface area contributed by atoms with Crippen LogP contribution in [0, 0.1) is 17.0 Å². The lowest BCUT2D eigenvalue weighted by atomic mass is 10.0. The number of rotatable bonds is 8. The second-order valence-electron chi connectivity index (χ2n) is 10.4. The van der Waals surface area contributed by atoms with Crippen LogP contribution >= 0.6 is 0 Å². The van der Waals surface area contributed by atoms with Crippen LogP contribution in [0.1, 0.15) is 19.3 Å². The van der Waals surface area contributed by atoms with Gasteiger partial charge in [0, 0.05) is 43.7 Å². The quantitative estimate of drug-likeness (QED) is 0.395. The number of nitrogens with one attached hydrogen (secondary N) is 1. The zero-order valence-electron chi connectivity index (χ0n) is 22.6. The number of aromatic nitrogens is 1. The molecule has 2 heterocycles. The number of primary amides is 1. The number of amides is 4. The third kappa shape index (κ3) is 5.82. The summed E-state index contributed by atoms with van der Waals surface area (Å²) in [7, 11) is 3.74. The number of likely N-dealkylation sites (N-methyl/N-ethyl adjacent to an activating group) is 2. The number of nitrogens with two attached hydrogens (primary N) is 1. The molecule has 2 aliphatic rings. The molecule has 2 aromatic carbocycles. The number of benzene rings is 2. The van der Waals surface area contributed by atoms with Crippen molar-refractivity contribution >= 4 is 35.0 Å². The van der Waals surface area contributed by atoms with E-state index < -0.39 is 28.9 Å². The van der Waals surface area contributed by atoms with Gasteiger partial charge in [-0.05, 0) is 75.3 Å². The highest BCUT2D eigenvalue weighted by Crippen LogP contribution is 2.49. The van der Waals surface area contributed by atoms with Gasteiger partial charge in [-0.1, -0.05) is 0 Å². The van der Waals surface area contributed by atoms with Crippen molar-refractivity contribution < 1.29 is 27.9 Å². The van der Waals surface area contributed by atoms with E-state index in [0.717, 1.165) is 42.6 Å². The van der Waals surface area contributed by atoms with Gasteiger partial charge in [-0.15, -0.1) is 0 Å². The standard InChI is InChI=1S/C29H30F2N6O4/c1-35-14-10-20(17-35)36(2)28(40)34-25-16-22(9-13-33-25)41-21-7-8-24(23(31)15-21)37(19-5-3-18(30)4-6-19)27(39)29(11-12-29)26(32)38/h3-9,13,15-16,20H,10-12,14,17H2,1-2H3,(H2,32,38)(H,33,34,40). The average molecular weight is 565 g/mol. The number of hydrogen-bond acceptors (Lipinski definition) is 6. The number of likely N-dealkylation sites (tertiary alicyclic amines) is 1. The summed E-state index contributed by atoms with van der Waals surface area (Å²) in [5.74, 6) is -2.16. The van der Waals surface area contributed by atoms with E-state index in [1.54, 1.807) is 18.0 Å². The maximum absolute atomic E-state index is 15.5. The van der Waals surface area contributed by atoms with Crippen molar-refractivity contribution in [1.29, 1.82) is 0 Å². The van der Waals surface area contributed by atoms with Crippen LogP contribution < -0.4 is 20.7 Å². The molecule has 214 valence electrons. The van der Waals surface area contributed by atoms with E-state index in [4.69, 9.17) is 10.5 Å². The summed E-state index contributed by atoms with van der Waals surface area (Å²) in [4.78, 5) is 47.2. The lowest BCUT2D eigenvalue weighted by Gasteiger charge is -2.27. The molecular formula is C29H30F2N6O4. The van der Waals surface area contributed by atoms with E-state index in [0.29, 0.717) is 5.75 Å². The number of urea groups is 1. The zero-order chi connectivity index (χ0) is 29.3. The van der Waals surface area contributed by atoms with E-state index in [9.17, 15) is 18.8 Å². The fourth-order valence-electron chi connectivity index (χ4n) is 4.86. The molecule has 1 aliphatic carbocycles. The minimum absolute atomic E-state index is 0.0973. The predicted molar refractivity (Wildman–Crippen MR) is 148 cm³/mol. The molecule has 1 aliphatic heterocycles. The minimum atomic E-state index is -1.43. The van der Waals surface area contributed by atoms with E-state index in [2.05, 4.69) is 15.2 Å². The van der Waals surface area contributed by atoms with Gasteiger partial charge >= 0.3 is 6.03 Å². The van der Waals surface area contributed by atoms with E-state index in [-0.39, 0.29) is 47.9 Å². The van der Waals surface area contributed by atoms with Crippen LogP contribution in [0.3, 0.4) is 0 Å². The molecule has 12 heteroatoms. The van der Waals surface area contributed by atoms with Crippen molar-refractivity contribution in [2.45, 2.75) is 25.3 Å².